The molecule has 0 bridgehead atoms. The summed E-state index contributed by atoms with van der Waals surface area (Å²) in [4.78, 5) is 28.0. The minimum Gasteiger partial charge on any atom is -0.507 e. The maximum absolute atomic E-state index is 13.3. The van der Waals surface area contributed by atoms with Crippen LogP contribution in [0.4, 0.5) is 0 Å². The number of Topliss-reactive ketones (excluding diaryl/α,β-unsaturated/α-hetero) is 1. The number of likely N-dealkylation sites (tertiary alicyclic amines) is 1. The Labute approximate surface area is 228 Å². The molecule has 8 heteroatoms. The van der Waals surface area contributed by atoms with Gasteiger partial charge in [-0.3, -0.25) is 9.59 Å². The zero-order valence-corrected chi connectivity index (χ0v) is 22.6. The number of hydrogen-bond donors (Lipinski definition) is 1. The summed E-state index contributed by atoms with van der Waals surface area (Å²) in [6.07, 6.45) is 0.528. The fourth-order valence-electron chi connectivity index (χ4n) is 4.74. The van der Waals surface area contributed by atoms with Crippen LogP contribution < -0.4 is 14.2 Å². The van der Waals surface area contributed by atoms with Gasteiger partial charge in [0.2, 0.25) is 0 Å². The largest absolute Gasteiger partial charge is 0.507 e. The molecular formula is C31H33NO7. The first-order valence-corrected chi connectivity index (χ1v) is 12.7. The summed E-state index contributed by atoms with van der Waals surface area (Å²) in [6.45, 7) is 2.92. The number of benzene rings is 3. The van der Waals surface area contributed by atoms with Gasteiger partial charge in [-0.15, -0.1) is 0 Å². The van der Waals surface area contributed by atoms with E-state index in [-0.39, 0.29) is 17.9 Å². The SMILES string of the molecule is COCCCN1C(=O)C(=O)/C(=C(/O)c2ccc(OCc3ccccc3)cc2C)C1c1ccc(OC)c(OC)c1. The van der Waals surface area contributed by atoms with E-state index in [0.29, 0.717) is 53.6 Å². The van der Waals surface area contributed by atoms with E-state index >= 15 is 0 Å². The van der Waals surface area contributed by atoms with Crippen molar-refractivity contribution in [1.82, 2.24) is 4.90 Å². The number of nitrogens with zero attached hydrogens (tertiary/aromatic N) is 1. The lowest BCUT2D eigenvalue weighted by molar-refractivity contribution is -0.140. The zero-order chi connectivity index (χ0) is 27.9. The lowest BCUT2D eigenvalue weighted by atomic mass is 9.93. The first kappa shape index (κ1) is 27.7. The number of ketones is 1. The normalized spacial score (nSPS) is 16.4. The van der Waals surface area contributed by atoms with Crippen LogP contribution in [0, 0.1) is 6.92 Å². The van der Waals surface area contributed by atoms with Crippen molar-refractivity contribution in [3.8, 4) is 17.2 Å². The Morgan fingerprint density at radius 3 is 2.33 bits per heavy atom. The minimum atomic E-state index is -0.810. The maximum atomic E-state index is 13.3. The summed E-state index contributed by atoms with van der Waals surface area (Å²) in [6, 6.07) is 19.4. The summed E-state index contributed by atoms with van der Waals surface area (Å²) in [5.41, 5.74) is 2.82. The van der Waals surface area contributed by atoms with Gasteiger partial charge < -0.3 is 29.0 Å². The Bertz CT molecular complexity index is 1370. The molecule has 4 rings (SSSR count). The highest BCUT2D eigenvalue weighted by Crippen LogP contribution is 2.42. The van der Waals surface area contributed by atoms with Crippen molar-refractivity contribution in [3.05, 3.63) is 94.6 Å². The topological polar surface area (TPSA) is 94.5 Å². The van der Waals surface area contributed by atoms with Gasteiger partial charge in [0.25, 0.3) is 11.7 Å². The molecule has 1 aliphatic rings. The predicted octanol–water partition coefficient (Wildman–Crippen LogP) is 5.05. The molecule has 0 aromatic heterocycles. The molecule has 8 nitrogen and oxygen atoms in total. The molecule has 1 unspecified atom stereocenters. The van der Waals surface area contributed by atoms with E-state index in [2.05, 4.69) is 0 Å². The molecule has 3 aromatic rings. The third-order valence-corrected chi connectivity index (χ3v) is 6.71. The van der Waals surface area contributed by atoms with Crippen molar-refractivity contribution in [1.29, 1.82) is 0 Å². The van der Waals surface area contributed by atoms with Gasteiger partial charge in [-0.05, 0) is 60.4 Å². The Balaban J connectivity index is 1.73. The summed E-state index contributed by atoms with van der Waals surface area (Å²) >= 11 is 0. The number of rotatable bonds is 11. The first-order valence-electron chi connectivity index (χ1n) is 12.7. The molecule has 39 heavy (non-hydrogen) atoms. The van der Waals surface area contributed by atoms with Gasteiger partial charge in [0.15, 0.2) is 11.5 Å². The fraction of sp³-hybridized carbons (Fsp3) is 0.290. The molecule has 0 aliphatic carbocycles. The van der Waals surface area contributed by atoms with Crippen LogP contribution in [0.2, 0.25) is 0 Å². The molecule has 1 N–H and O–H groups in total. The van der Waals surface area contributed by atoms with Crippen LogP contribution in [0.5, 0.6) is 17.2 Å². The van der Waals surface area contributed by atoms with Crippen molar-refractivity contribution >= 4 is 17.4 Å². The number of carbonyl (C=O) groups is 2. The molecular weight excluding hydrogens is 498 g/mol. The van der Waals surface area contributed by atoms with Crippen molar-refractivity contribution in [2.45, 2.75) is 26.0 Å². The summed E-state index contributed by atoms with van der Waals surface area (Å²) < 4.78 is 21.9. The van der Waals surface area contributed by atoms with Gasteiger partial charge in [0.1, 0.15) is 18.1 Å². The number of amides is 1. The maximum Gasteiger partial charge on any atom is 0.295 e. The van der Waals surface area contributed by atoms with E-state index in [0.717, 1.165) is 5.56 Å². The quantitative estimate of drug-likeness (QED) is 0.160. The summed E-state index contributed by atoms with van der Waals surface area (Å²) in [5, 5.41) is 11.5. The highest BCUT2D eigenvalue weighted by molar-refractivity contribution is 6.46. The van der Waals surface area contributed by atoms with Crippen molar-refractivity contribution in [2.75, 3.05) is 34.5 Å². The Hall–Kier alpha value is -4.30. The number of carbonyl (C=O) groups excluding carboxylic acids is 2. The summed E-state index contributed by atoms with van der Waals surface area (Å²) in [7, 11) is 4.63. The number of hydrogen-bond acceptors (Lipinski definition) is 7. The van der Waals surface area contributed by atoms with Gasteiger partial charge >= 0.3 is 0 Å². The number of aryl methyl sites for hydroxylation is 1. The number of aliphatic hydroxyl groups is 1. The minimum absolute atomic E-state index is 0.0192. The fourth-order valence-corrected chi connectivity index (χ4v) is 4.74. The smallest absolute Gasteiger partial charge is 0.295 e. The Kier molecular flexibility index (Phi) is 8.88. The second kappa shape index (κ2) is 12.5. The second-order valence-electron chi connectivity index (χ2n) is 9.20. The first-order chi connectivity index (χ1) is 18.9. The monoisotopic (exact) mass is 531 g/mol. The van der Waals surface area contributed by atoms with Crippen molar-refractivity contribution in [2.24, 2.45) is 0 Å². The zero-order valence-electron chi connectivity index (χ0n) is 22.6. The number of aliphatic hydroxyl groups excluding tert-OH is 1. The van der Waals surface area contributed by atoms with Gasteiger partial charge in [-0.25, -0.2) is 0 Å². The van der Waals surface area contributed by atoms with Crippen LogP contribution in [0.25, 0.3) is 5.76 Å². The molecule has 1 saturated heterocycles. The number of ether oxygens (including phenoxy) is 4. The van der Waals surface area contributed by atoms with Gasteiger partial charge in [-0.2, -0.15) is 0 Å². The molecule has 204 valence electrons. The molecule has 0 saturated carbocycles. The van der Waals surface area contributed by atoms with Crippen LogP contribution in [0.15, 0.2) is 72.3 Å². The molecule has 1 amide bonds. The average Bonchev–Trinajstić information content (AvgIpc) is 3.21. The molecule has 0 spiro atoms. The van der Waals surface area contributed by atoms with E-state index in [1.165, 1.54) is 19.1 Å². The van der Waals surface area contributed by atoms with Gasteiger partial charge in [-0.1, -0.05) is 36.4 Å². The molecule has 0 radical (unpaired) electrons. The third kappa shape index (κ3) is 5.91. The molecule has 1 heterocycles. The lowest BCUT2D eigenvalue weighted by Gasteiger charge is -2.26. The van der Waals surface area contributed by atoms with Crippen LogP contribution in [0.1, 0.15) is 34.7 Å². The van der Waals surface area contributed by atoms with Gasteiger partial charge in [0, 0.05) is 25.8 Å². The van der Waals surface area contributed by atoms with E-state index < -0.39 is 17.7 Å². The molecule has 1 fully saturated rings. The summed E-state index contributed by atoms with van der Waals surface area (Å²) in [5.74, 6) is -0.0617. The van der Waals surface area contributed by atoms with E-state index in [4.69, 9.17) is 18.9 Å². The van der Waals surface area contributed by atoms with Crippen molar-refractivity contribution < 1.29 is 33.6 Å². The van der Waals surface area contributed by atoms with E-state index in [1.807, 2.05) is 37.3 Å². The van der Waals surface area contributed by atoms with E-state index in [9.17, 15) is 14.7 Å². The Morgan fingerprint density at radius 1 is 0.923 bits per heavy atom. The molecule has 1 atom stereocenters. The van der Waals surface area contributed by atoms with Crippen LogP contribution >= 0.6 is 0 Å². The predicted molar refractivity (Wildman–Crippen MR) is 147 cm³/mol. The van der Waals surface area contributed by atoms with Crippen molar-refractivity contribution in [3.63, 3.8) is 0 Å². The van der Waals surface area contributed by atoms with Crippen LogP contribution in [0.3, 0.4) is 0 Å². The third-order valence-electron chi connectivity index (χ3n) is 6.71. The molecule has 1 aliphatic heterocycles. The number of methoxy groups -OCH3 is 3. The second-order valence-corrected chi connectivity index (χ2v) is 9.20. The van der Waals surface area contributed by atoms with Crippen LogP contribution in [-0.2, 0) is 20.9 Å². The Morgan fingerprint density at radius 2 is 1.67 bits per heavy atom. The lowest BCUT2D eigenvalue weighted by Crippen LogP contribution is -2.31. The molecule has 3 aromatic carbocycles. The van der Waals surface area contributed by atoms with Crippen LogP contribution in [-0.4, -0.2) is 56.2 Å². The highest BCUT2D eigenvalue weighted by atomic mass is 16.5. The standard InChI is InChI=1S/C31H33NO7/c1-20-17-23(39-19-21-9-6-5-7-10-21)12-13-24(20)29(33)27-28(22-11-14-25(37-3)26(18-22)38-4)32(15-8-16-36-2)31(35)30(27)34/h5-7,9-14,17-18,28,33H,8,15-16,19H2,1-4H3/b29-27+. The average molecular weight is 532 g/mol. The van der Waals surface area contributed by atoms with Gasteiger partial charge in [0.05, 0.1) is 25.8 Å². The highest BCUT2D eigenvalue weighted by Gasteiger charge is 2.46. The van der Waals surface area contributed by atoms with E-state index in [1.54, 1.807) is 43.5 Å².